The van der Waals surface area contributed by atoms with Crippen LogP contribution < -0.4 is 10.6 Å². The Kier molecular flexibility index (Phi) is 4.52. The van der Waals surface area contributed by atoms with E-state index in [4.69, 9.17) is 10.8 Å². The predicted molar refractivity (Wildman–Crippen MR) is 71.2 cm³/mol. The highest BCUT2D eigenvalue weighted by molar-refractivity contribution is 5.99. The fourth-order valence-electron chi connectivity index (χ4n) is 2.09. The maximum absolute atomic E-state index is 11.5. The Hall–Kier alpha value is -2.05. The van der Waals surface area contributed by atoms with Gasteiger partial charge in [0.25, 0.3) is 5.91 Å². The highest BCUT2D eigenvalue weighted by atomic mass is 16.4. The van der Waals surface area contributed by atoms with E-state index in [1.807, 2.05) is 18.7 Å². The van der Waals surface area contributed by atoms with Crippen LogP contribution in [0.5, 0.6) is 0 Å². The van der Waals surface area contributed by atoms with Gasteiger partial charge in [0.05, 0.1) is 12.1 Å². The molecule has 0 aliphatic carbocycles. The van der Waals surface area contributed by atoms with Gasteiger partial charge in [-0.25, -0.2) is 0 Å². The Bertz CT molecular complexity index is 493. The number of nitrogens with two attached hydrogens (primary N) is 1. The largest absolute Gasteiger partial charge is 0.481 e. The molecule has 1 aromatic heterocycles. The summed E-state index contributed by atoms with van der Waals surface area (Å²) in [6, 6.07) is 0.0345. The Morgan fingerprint density at radius 3 is 2.47 bits per heavy atom. The molecule has 0 saturated carbocycles. The molecule has 0 unspecified atom stereocenters. The van der Waals surface area contributed by atoms with Gasteiger partial charge in [-0.3, -0.25) is 14.3 Å². The first-order valence-electron chi connectivity index (χ1n) is 6.07. The number of hydrogen-bond donors (Lipinski definition) is 2. The Labute approximate surface area is 112 Å². The number of carbonyl (C=O) groups excluding carboxylic acids is 1. The molecule has 0 atom stereocenters. The first-order valence-corrected chi connectivity index (χ1v) is 6.07. The summed E-state index contributed by atoms with van der Waals surface area (Å²) in [5.74, 6) is -0.868. The molecule has 3 N–H and O–H groups in total. The molecule has 0 saturated heterocycles. The molecule has 0 aliphatic rings. The average molecular weight is 268 g/mol. The van der Waals surface area contributed by atoms with E-state index in [0.717, 1.165) is 0 Å². The van der Waals surface area contributed by atoms with E-state index in [2.05, 4.69) is 5.10 Å². The fourth-order valence-corrected chi connectivity index (χ4v) is 2.09. The Morgan fingerprint density at radius 2 is 2.05 bits per heavy atom. The van der Waals surface area contributed by atoms with E-state index in [1.165, 1.54) is 0 Å². The van der Waals surface area contributed by atoms with Crippen LogP contribution in [0, 0.1) is 6.92 Å². The van der Waals surface area contributed by atoms with E-state index < -0.39 is 11.9 Å². The second-order valence-corrected chi connectivity index (χ2v) is 4.70. The summed E-state index contributed by atoms with van der Waals surface area (Å²) >= 11 is 0. The van der Waals surface area contributed by atoms with E-state index >= 15 is 0 Å². The van der Waals surface area contributed by atoms with E-state index in [-0.39, 0.29) is 12.5 Å². The van der Waals surface area contributed by atoms with Crippen molar-refractivity contribution in [2.75, 3.05) is 11.4 Å². The molecule has 0 spiro atoms. The summed E-state index contributed by atoms with van der Waals surface area (Å²) in [6.45, 7) is 5.86. The maximum Gasteiger partial charge on any atom is 0.305 e. The van der Waals surface area contributed by atoms with Gasteiger partial charge in [0.2, 0.25) is 0 Å². The van der Waals surface area contributed by atoms with Gasteiger partial charge in [0.1, 0.15) is 11.4 Å². The minimum atomic E-state index is -0.884. The lowest BCUT2D eigenvalue weighted by Gasteiger charge is -2.28. The van der Waals surface area contributed by atoms with Crippen molar-refractivity contribution in [2.24, 2.45) is 12.8 Å². The number of carboxylic acids is 1. The summed E-state index contributed by atoms with van der Waals surface area (Å²) in [4.78, 5) is 24.1. The van der Waals surface area contributed by atoms with Crippen molar-refractivity contribution in [1.29, 1.82) is 0 Å². The number of carboxylic acid groups (broad SMARTS) is 1. The predicted octanol–water partition coefficient (Wildman–Crippen LogP) is 0.517. The lowest BCUT2D eigenvalue weighted by molar-refractivity contribution is -0.136. The molecular weight excluding hydrogens is 248 g/mol. The number of nitrogens with zero attached hydrogens (tertiary/aromatic N) is 3. The number of aryl methyl sites for hydroxylation is 2. The normalized spacial score (nSPS) is 10.8. The molecule has 1 aromatic rings. The van der Waals surface area contributed by atoms with Crippen molar-refractivity contribution >= 4 is 17.7 Å². The van der Waals surface area contributed by atoms with Gasteiger partial charge < -0.3 is 15.7 Å². The van der Waals surface area contributed by atoms with Crippen molar-refractivity contribution in [3.05, 3.63) is 11.3 Å². The van der Waals surface area contributed by atoms with Crippen LogP contribution in [0.3, 0.4) is 0 Å². The van der Waals surface area contributed by atoms with E-state index in [0.29, 0.717) is 23.6 Å². The van der Waals surface area contributed by atoms with Crippen LogP contribution in [0.15, 0.2) is 0 Å². The van der Waals surface area contributed by atoms with Crippen LogP contribution in [0.2, 0.25) is 0 Å². The molecule has 1 amide bonds. The van der Waals surface area contributed by atoms with Crippen LogP contribution >= 0.6 is 0 Å². The van der Waals surface area contributed by atoms with Gasteiger partial charge >= 0.3 is 5.97 Å². The highest BCUT2D eigenvalue weighted by Gasteiger charge is 2.24. The number of hydrogen-bond acceptors (Lipinski definition) is 4. The second kappa shape index (κ2) is 5.73. The number of anilines is 1. The second-order valence-electron chi connectivity index (χ2n) is 4.70. The van der Waals surface area contributed by atoms with Crippen LogP contribution in [0.1, 0.15) is 36.3 Å². The topological polar surface area (TPSA) is 101 Å². The van der Waals surface area contributed by atoms with Gasteiger partial charge in [-0.15, -0.1) is 0 Å². The molecule has 0 radical (unpaired) electrons. The van der Waals surface area contributed by atoms with Gasteiger partial charge in [0.15, 0.2) is 0 Å². The molecule has 7 heteroatoms. The molecule has 0 aliphatic heterocycles. The molecule has 0 aromatic carbocycles. The first-order chi connectivity index (χ1) is 8.75. The number of rotatable bonds is 6. The monoisotopic (exact) mass is 268 g/mol. The summed E-state index contributed by atoms with van der Waals surface area (Å²) in [7, 11) is 1.71. The van der Waals surface area contributed by atoms with Crippen molar-refractivity contribution in [1.82, 2.24) is 9.78 Å². The minimum absolute atomic E-state index is 0.0133. The molecule has 7 nitrogen and oxygen atoms in total. The van der Waals surface area contributed by atoms with Gasteiger partial charge in [-0.1, -0.05) is 0 Å². The number of aliphatic carboxylic acids is 1. The van der Waals surface area contributed by atoms with Crippen molar-refractivity contribution in [3.63, 3.8) is 0 Å². The molecule has 1 heterocycles. The molecule has 0 bridgehead atoms. The number of aromatic nitrogens is 2. The van der Waals surface area contributed by atoms with Gasteiger partial charge in [-0.2, -0.15) is 5.10 Å². The quantitative estimate of drug-likeness (QED) is 0.783. The molecule has 106 valence electrons. The SMILES string of the molecule is Cc1nn(C)c(N(CCC(=O)O)C(C)C)c1C(N)=O. The van der Waals surface area contributed by atoms with Gasteiger partial charge in [0, 0.05) is 19.6 Å². The summed E-state index contributed by atoms with van der Waals surface area (Å²) < 4.78 is 1.57. The third kappa shape index (κ3) is 3.24. The zero-order valence-corrected chi connectivity index (χ0v) is 11.7. The minimum Gasteiger partial charge on any atom is -0.481 e. The summed E-state index contributed by atoms with van der Waals surface area (Å²) in [6.07, 6.45) is -0.0133. The summed E-state index contributed by atoms with van der Waals surface area (Å²) in [5.41, 5.74) is 6.28. The summed E-state index contributed by atoms with van der Waals surface area (Å²) in [5, 5.41) is 13.0. The van der Waals surface area contributed by atoms with Crippen LogP contribution in [-0.4, -0.2) is 39.4 Å². The maximum atomic E-state index is 11.5. The molecule has 19 heavy (non-hydrogen) atoms. The number of carbonyl (C=O) groups is 2. The molecule has 1 rings (SSSR count). The lowest BCUT2D eigenvalue weighted by Crippen LogP contribution is -2.36. The Morgan fingerprint density at radius 1 is 1.47 bits per heavy atom. The highest BCUT2D eigenvalue weighted by Crippen LogP contribution is 2.24. The first kappa shape index (κ1) is 15.0. The van der Waals surface area contributed by atoms with E-state index in [1.54, 1.807) is 18.7 Å². The molecule has 0 fully saturated rings. The van der Waals surface area contributed by atoms with Crippen molar-refractivity contribution in [2.45, 2.75) is 33.2 Å². The lowest BCUT2D eigenvalue weighted by atomic mass is 10.2. The van der Waals surface area contributed by atoms with E-state index in [9.17, 15) is 9.59 Å². The van der Waals surface area contributed by atoms with Gasteiger partial charge in [-0.05, 0) is 20.8 Å². The average Bonchev–Trinajstić information content (AvgIpc) is 2.53. The fraction of sp³-hybridized carbons (Fsp3) is 0.583. The standard InChI is InChI=1S/C12H20N4O3/c1-7(2)16(6-5-9(17)18)12-10(11(13)19)8(3)14-15(12)4/h7H,5-6H2,1-4H3,(H2,13,19)(H,17,18). The third-order valence-electron chi connectivity index (χ3n) is 2.90. The smallest absolute Gasteiger partial charge is 0.305 e. The zero-order chi connectivity index (χ0) is 14.7. The Balaban J connectivity index is 3.22. The third-order valence-corrected chi connectivity index (χ3v) is 2.90. The molecular formula is C12H20N4O3. The van der Waals surface area contributed by atoms with Crippen LogP contribution in [0.4, 0.5) is 5.82 Å². The van der Waals surface area contributed by atoms with Crippen LogP contribution in [-0.2, 0) is 11.8 Å². The van der Waals surface area contributed by atoms with Crippen molar-refractivity contribution < 1.29 is 14.7 Å². The zero-order valence-electron chi connectivity index (χ0n) is 11.7. The van der Waals surface area contributed by atoms with Crippen LogP contribution in [0.25, 0.3) is 0 Å². The number of amides is 1. The van der Waals surface area contributed by atoms with Crippen molar-refractivity contribution in [3.8, 4) is 0 Å². The number of primary amides is 1.